The molecule has 0 radical (unpaired) electrons. The summed E-state index contributed by atoms with van der Waals surface area (Å²) in [4.78, 5) is 0. The minimum atomic E-state index is 0.514. The Kier molecular flexibility index (Phi) is 8.66. The molecule has 0 saturated carbocycles. The molecule has 0 aromatic heterocycles. The van der Waals surface area contributed by atoms with Gasteiger partial charge >= 0.3 is 0 Å². The van der Waals surface area contributed by atoms with Gasteiger partial charge in [-0.25, -0.2) is 0 Å². The van der Waals surface area contributed by atoms with Gasteiger partial charge in [0, 0.05) is 12.0 Å². The quantitative estimate of drug-likeness (QED) is 0.389. The van der Waals surface area contributed by atoms with E-state index in [9.17, 15) is 0 Å². The summed E-state index contributed by atoms with van der Waals surface area (Å²) < 4.78 is 12.5. The molecule has 3 nitrogen and oxygen atoms in total. The van der Waals surface area contributed by atoms with Crippen LogP contribution in [-0.2, 0) is 4.74 Å². The van der Waals surface area contributed by atoms with Crippen LogP contribution in [0.4, 0.5) is 0 Å². The van der Waals surface area contributed by atoms with E-state index in [1.54, 1.807) is 0 Å². The van der Waals surface area contributed by atoms with Crippen molar-refractivity contribution in [3.05, 3.63) is 66.2 Å². The molecule has 0 bridgehead atoms. The monoisotopic (exact) mass is 356 g/mol. The van der Waals surface area contributed by atoms with Crippen molar-refractivity contribution in [2.24, 2.45) is 0 Å². The van der Waals surface area contributed by atoms with Crippen LogP contribution in [0.15, 0.2) is 60.7 Å². The van der Waals surface area contributed by atoms with Gasteiger partial charge in [0.15, 0.2) is 0 Å². The van der Waals surface area contributed by atoms with Gasteiger partial charge in [-0.15, -0.1) is 0 Å². The molecular formula is C23H34NO2+. The number of hydrogen-bond acceptors (Lipinski definition) is 2. The molecule has 1 atom stereocenters. The standard InChI is InChI=1S/C23H34NO2/c1-4-5-16-23(21-12-8-6-9-13-21)24(2,3)17-18-25-19-20-26-22-14-10-7-11-15-22/h6-15,23H,4-5,16-20H2,1-3H3/q+1. The SMILES string of the molecule is CCCCC(c1ccccc1)[N+](C)(C)CCOCCOc1ccccc1. The van der Waals surface area contributed by atoms with Gasteiger partial charge in [0.25, 0.3) is 0 Å². The lowest BCUT2D eigenvalue weighted by Gasteiger charge is -2.38. The molecule has 0 amide bonds. The first-order valence-corrected chi connectivity index (χ1v) is 9.76. The Labute approximate surface area is 159 Å². The lowest BCUT2D eigenvalue weighted by molar-refractivity contribution is -0.922. The summed E-state index contributed by atoms with van der Waals surface area (Å²) in [6.07, 6.45) is 3.70. The third kappa shape index (κ3) is 6.81. The summed E-state index contributed by atoms with van der Waals surface area (Å²) >= 11 is 0. The maximum absolute atomic E-state index is 5.84. The molecular weight excluding hydrogens is 322 g/mol. The molecule has 0 aliphatic carbocycles. The van der Waals surface area contributed by atoms with Crippen LogP contribution in [0.2, 0.25) is 0 Å². The molecule has 1 unspecified atom stereocenters. The third-order valence-electron chi connectivity index (χ3n) is 4.91. The molecule has 2 aromatic carbocycles. The van der Waals surface area contributed by atoms with Crippen molar-refractivity contribution in [2.75, 3.05) is 40.5 Å². The highest BCUT2D eigenvalue weighted by molar-refractivity contribution is 5.20. The second-order valence-electron chi connectivity index (χ2n) is 7.34. The molecule has 142 valence electrons. The van der Waals surface area contributed by atoms with Crippen molar-refractivity contribution in [1.82, 2.24) is 0 Å². The van der Waals surface area contributed by atoms with E-state index < -0.39 is 0 Å². The predicted molar refractivity (Wildman–Crippen MR) is 108 cm³/mol. The first-order valence-electron chi connectivity index (χ1n) is 9.76. The van der Waals surface area contributed by atoms with Crippen LogP contribution in [0.1, 0.15) is 37.8 Å². The van der Waals surface area contributed by atoms with E-state index >= 15 is 0 Å². The molecule has 2 aromatic rings. The van der Waals surface area contributed by atoms with Crippen LogP contribution < -0.4 is 4.74 Å². The minimum absolute atomic E-state index is 0.514. The summed E-state index contributed by atoms with van der Waals surface area (Å²) in [5.74, 6) is 0.899. The Bertz CT molecular complexity index is 598. The van der Waals surface area contributed by atoms with Crippen molar-refractivity contribution >= 4 is 0 Å². The number of ether oxygens (including phenoxy) is 2. The number of unbranched alkanes of at least 4 members (excludes halogenated alkanes) is 1. The first-order chi connectivity index (χ1) is 12.6. The highest BCUT2D eigenvalue weighted by Gasteiger charge is 2.28. The number of hydrogen-bond donors (Lipinski definition) is 0. The van der Waals surface area contributed by atoms with Crippen molar-refractivity contribution in [3.63, 3.8) is 0 Å². The average Bonchev–Trinajstić information content (AvgIpc) is 2.66. The molecule has 0 spiro atoms. The Morgan fingerprint density at radius 1 is 0.846 bits per heavy atom. The van der Waals surface area contributed by atoms with Crippen LogP contribution in [0, 0.1) is 0 Å². The number of nitrogens with zero attached hydrogens (tertiary/aromatic N) is 1. The van der Waals surface area contributed by atoms with Crippen LogP contribution in [-0.4, -0.2) is 44.9 Å². The summed E-state index contributed by atoms with van der Waals surface area (Å²) in [5.41, 5.74) is 1.43. The fraction of sp³-hybridized carbons (Fsp3) is 0.478. The van der Waals surface area contributed by atoms with Crippen molar-refractivity contribution in [2.45, 2.75) is 32.2 Å². The van der Waals surface area contributed by atoms with E-state index in [1.807, 2.05) is 30.3 Å². The van der Waals surface area contributed by atoms with E-state index in [-0.39, 0.29) is 0 Å². The van der Waals surface area contributed by atoms with Gasteiger partial charge in [-0.2, -0.15) is 0 Å². The zero-order valence-corrected chi connectivity index (χ0v) is 16.6. The number of para-hydroxylation sites is 1. The van der Waals surface area contributed by atoms with Crippen LogP contribution in [0.3, 0.4) is 0 Å². The minimum Gasteiger partial charge on any atom is -0.491 e. The van der Waals surface area contributed by atoms with Crippen LogP contribution in [0.5, 0.6) is 5.75 Å². The Hall–Kier alpha value is -1.84. The van der Waals surface area contributed by atoms with Gasteiger partial charge in [-0.3, -0.25) is 0 Å². The lowest BCUT2D eigenvalue weighted by atomic mass is 9.98. The van der Waals surface area contributed by atoms with Crippen molar-refractivity contribution < 1.29 is 14.0 Å². The number of benzene rings is 2. The van der Waals surface area contributed by atoms with Crippen molar-refractivity contribution in [1.29, 1.82) is 0 Å². The topological polar surface area (TPSA) is 18.5 Å². The summed E-state index contributed by atoms with van der Waals surface area (Å²) in [5, 5.41) is 0. The number of rotatable bonds is 12. The molecule has 0 N–H and O–H groups in total. The Balaban J connectivity index is 1.77. The Morgan fingerprint density at radius 2 is 1.50 bits per heavy atom. The van der Waals surface area contributed by atoms with E-state index in [2.05, 4.69) is 51.4 Å². The fourth-order valence-electron chi connectivity index (χ4n) is 3.29. The first kappa shape index (κ1) is 20.5. The summed E-state index contributed by atoms with van der Waals surface area (Å²) in [6, 6.07) is 21.3. The summed E-state index contributed by atoms with van der Waals surface area (Å²) in [6.45, 7) is 5.22. The molecule has 0 heterocycles. The predicted octanol–water partition coefficient (Wildman–Crippen LogP) is 5.09. The normalized spacial score (nSPS) is 12.7. The molecule has 0 aliphatic heterocycles. The van der Waals surface area contributed by atoms with Crippen LogP contribution in [0.25, 0.3) is 0 Å². The third-order valence-corrected chi connectivity index (χ3v) is 4.91. The van der Waals surface area contributed by atoms with E-state index in [0.29, 0.717) is 19.3 Å². The number of likely N-dealkylation sites (N-methyl/N-ethyl adjacent to an activating group) is 1. The van der Waals surface area contributed by atoms with Crippen molar-refractivity contribution in [3.8, 4) is 5.75 Å². The smallest absolute Gasteiger partial charge is 0.119 e. The largest absolute Gasteiger partial charge is 0.491 e. The fourth-order valence-corrected chi connectivity index (χ4v) is 3.29. The second-order valence-corrected chi connectivity index (χ2v) is 7.34. The summed E-state index contributed by atoms with van der Waals surface area (Å²) in [7, 11) is 4.63. The maximum Gasteiger partial charge on any atom is 0.119 e. The molecule has 0 fully saturated rings. The molecule has 2 rings (SSSR count). The van der Waals surface area contributed by atoms with Crippen LogP contribution >= 0.6 is 0 Å². The zero-order chi connectivity index (χ0) is 18.7. The van der Waals surface area contributed by atoms with E-state index in [0.717, 1.165) is 23.4 Å². The second kappa shape index (κ2) is 11.0. The van der Waals surface area contributed by atoms with E-state index in [4.69, 9.17) is 9.47 Å². The molecule has 3 heteroatoms. The van der Waals surface area contributed by atoms with E-state index in [1.165, 1.54) is 24.8 Å². The molecule has 26 heavy (non-hydrogen) atoms. The number of quaternary nitrogens is 1. The zero-order valence-electron chi connectivity index (χ0n) is 16.6. The lowest BCUT2D eigenvalue weighted by Crippen LogP contribution is -2.45. The van der Waals surface area contributed by atoms with Gasteiger partial charge in [0.05, 0.1) is 27.3 Å². The Morgan fingerprint density at radius 3 is 2.15 bits per heavy atom. The van der Waals surface area contributed by atoms with Gasteiger partial charge in [-0.1, -0.05) is 61.9 Å². The van der Waals surface area contributed by atoms with Gasteiger partial charge in [0.1, 0.15) is 24.9 Å². The van der Waals surface area contributed by atoms with Gasteiger partial charge in [0.2, 0.25) is 0 Å². The highest BCUT2D eigenvalue weighted by Crippen LogP contribution is 2.30. The molecule has 0 saturated heterocycles. The average molecular weight is 357 g/mol. The van der Waals surface area contributed by atoms with Gasteiger partial charge < -0.3 is 14.0 Å². The molecule has 0 aliphatic rings. The highest BCUT2D eigenvalue weighted by atomic mass is 16.5. The maximum atomic E-state index is 5.84. The van der Waals surface area contributed by atoms with Gasteiger partial charge in [-0.05, 0) is 18.6 Å².